The summed E-state index contributed by atoms with van der Waals surface area (Å²) in [6.07, 6.45) is 19.3. The van der Waals surface area contributed by atoms with Crippen molar-refractivity contribution in [3.8, 4) is 0 Å². The van der Waals surface area contributed by atoms with Gasteiger partial charge in [-0.25, -0.2) is 0 Å². The van der Waals surface area contributed by atoms with Gasteiger partial charge >= 0.3 is 0 Å². The van der Waals surface area contributed by atoms with Crippen molar-refractivity contribution in [2.75, 3.05) is 0 Å². The summed E-state index contributed by atoms with van der Waals surface area (Å²) >= 11 is 0. The fourth-order valence-electron chi connectivity index (χ4n) is 6.96. The van der Waals surface area contributed by atoms with Crippen molar-refractivity contribution in [1.29, 1.82) is 0 Å². The Morgan fingerprint density at radius 2 is 1.62 bits per heavy atom. The van der Waals surface area contributed by atoms with E-state index >= 15 is 0 Å². The Morgan fingerprint density at radius 1 is 0.872 bits per heavy atom. The number of nitrogens with zero attached hydrogens (tertiary/aromatic N) is 1. The molecule has 3 aromatic carbocycles. The molecular formula is C36H31NO2. The van der Waals surface area contributed by atoms with Crippen LogP contribution in [0.1, 0.15) is 31.2 Å². The number of aryl methyl sites for hydroxylation is 1. The molecule has 192 valence electrons. The number of furan rings is 1. The molecule has 2 aliphatic carbocycles. The quantitative estimate of drug-likeness (QED) is 0.221. The van der Waals surface area contributed by atoms with E-state index in [1.54, 1.807) is 0 Å². The zero-order chi connectivity index (χ0) is 25.8. The van der Waals surface area contributed by atoms with Gasteiger partial charge in [0, 0.05) is 33.7 Å². The van der Waals surface area contributed by atoms with Crippen LogP contribution in [0.4, 0.5) is 0 Å². The number of para-hydroxylation sites is 3. The van der Waals surface area contributed by atoms with Crippen LogP contribution in [0.2, 0.25) is 0 Å². The molecule has 2 aromatic heterocycles. The molecule has 3 heterocycles. The van der Waals surface area contributed by atoms with Crippen molar-refractivity contribution >= 4 is 38.5 Å². The van der Waals surface area contributed by atoms with Crippen molar-refractivity contribution in [2.45, 2.75) is 38.2 Å². The lowest BCUT2D eigenvalue weighted by molar-refractivity contribution is 0.145. The zero-order valence-corrected chi connectivity index (χ0v) is 21.9. The Labute approximate surface area is 228 Å². The molecule has 0 bridgehead atoms. The van der Waals surface area contributed by atoms with Crippen LogP contribution < -0.4 is 0 Å². The summed E-state index contributed by atoms with van der Waals surface area (Å²) < 4.78 is 14.8. The number of aromatic nitrogens is 1. The number of ether oxygens (including phenoxy) is 1. The van der Waals surface area contributed by atoms with Gasteiger partial charge in [-0.3, -0.25) is 0 Å². The highest BCUT2D eigenvalue weighted by molar-refractivity contribution is 6.10. The maximum absolute atomic E-state index is 6.66. The van der Waals surface area contributed by atoms with Gasteiger partial charge in [-0.05, 0) is 79.7 Å². The minimum Gasteiger partial charge on any atom is -0.489 e. The number of rotatable bonds is 5. The summed E-state index contributed by atoms with van der Waals surface area (Å²) in [7, 11) is 0. The normalized spacial score (nSPS) is 22.6. The maximum Gasteiger partial charge on any atom is 0.134 e. The van der Waals surface area contributed by atoms with Gasteiger partial charge in [0.1, 0.15) is 17.4 Å². The van der Waals surface area contributed by atoms with Gasteiger partial charge in [-0.15, -0.1) is 0 Å². The smallest absolute Gasteiger partial charge is 0.134 e. The van der Waals surface area contributed by atoms with Gasteiger partial charge in [0.05, 0.1) is 17.3 Å². The molecule has 0 saturated heterocycles. The first-order valence-electron chi connectivity index (χ1n) is 14.2. The molecule has 3 atom stereocenters. The van der Waals surface area contributed by atoms with Crippen LogP contribution in [0.5, 0.6) is 0 Å². The van der Waals surface area contributed by atoms with E-state index in [0.29, 0.717) is 11.8 Å². The molecule has 39 heavy (non-hydrogen) atoms. The van der Waals surface area contributed by atoms with Crippen molar-refractivity contribution in [3.05, 3.63) is 126 Å². The number of fused-ring (bicyclic) bond motifs is 6. The number of allylic oxidation sites excluding steroid dienone is 4. The molecule has 0 spiro atoms. The second kappa shape index (κ2) is 9.20. The summed E-state index contributed by atoms with van der Waals surface area (Å²) in [5.74, 6) is 1.91. The van der Waals surface area contributed by atoms with Crippen molar-refractivity contribution in [2.24, 2.45) is 11.8 Å². The highest BCUT2D eigenvalue weighted by Crippen LogP contribution is 2.47. The predicted molar refractivity (Wildman–Crippen MR) is 159 cm³/mol. The molecule has 0 fully saturated rings. The van der Waals surface area contributed by atoms with E-state index in [0.717, 1.165) is 31.3 Å². The third kappa shape index (κ3) is 3.71. The first-order chi connectivity index (χ1) is 19.3. The fourth-order valence-corrected chi connectivity index (χ4v) is 6.96. The third-order valence-corrected chi connectivity index (χ3v) is 8.79. The average Bonchev–Trinajstić information content (AvgIpc) is 3.67. The Hall–Kier alpha value is -4.24. The standard InChI is InChI=1S/C36H31NO2/c1(2-11-25-23-38-34-19-8-5-13-27(25)34)10-24-12-9-16-30-31-22-26(20-21-35(31)39-36(24)30)37-32-17-6-3-14-28(32)29-15-4-7-18-33(29)37/h1,3-8,10,13-15,17-24,31,35H,2,9,11-12,16H2/b10-1+. The lowest BCUT2D eigenvalue weighted by atomic mass is 9.81. The Kier molecular flexibility index (Phi) is 5.36. The summed E-state index contributed by atoms with van der Waals surface area (Å²) in [6.45, 7) is 0. The molecule has 1 aliphatic heterocycles. The summed E-state index contributed by atoms with van der Waals surface area (Å²) in [5.41, 5.74) is 7.53. The topological polar surface area (TPSA) is 27.3 Å². The molecule has 0 radical (unpaired) electrons. The van der Waals surface area contributed by atoms with E-state index in [1.165, 1.54) is 56.2 Å². The van der Waals surface area contributed by atoms with Crippen LogP contribution in [0.15, 0.2) is 125 Å². The van der Waals surface area contributed by atoms with Gasteiger partial charge in [-0.1, -0.05) is 66.7 Å². The van der Waals surface area contributed by atoms with Crippen molar-refractivity contribution < 1.29 is 9.15 Å². The summed E-state index contributed by atoms with van der Waals surface area (Å²) in [4.78, 5) is 0. The van der Waals surface area contributed by atoms with Gasteiger partial charge in [0.25, 0.3) is 0 Å². The highest BCUT2D eigenvalue weighted by Gasteiger charge is 2.39. The van der Waals surface area contributed by atoms with Crippen molar-refractivity contribution in [1.82, 2.24) is 4.57 Å². The van der Waals surface area contributed by atoms with E-state index in [9.17, 15) is 0 Å². The maximum atomic E-state index is 6.66. The number of benzene rings is 3. The Bertz CT molecular complexity index is 1790. The second-order valence-electron chi connectivity index (χ2n) is 11.0. The lowest BCUT2D eigenvalue weighted by Gasteiger charge is -2.22. The first-order valence-corrected chi connectivity index (χ1v) is 14.2. The van der Waals surface area contributed by atoms with E-state index in [-0.39, 0.29) is 6.10 Å². The molecule has 0 amide bonds. The minimum absolute atomic E-state index is 0.109. The Morgan fingerprint density at radius 3 is 2.44 bits per heavy atom. The molecular weight excluding hydrogens is 478 g/mol. The fraction of sp³-hybridized carbons (Fsp3) is 0.222. The van der Waals surface area contributed by atoms with Crippen LogP contribution >= 0.6 is 0 Å². The minimum atomic E-state index is 0.109. The summed E-state index contributed by atoms with van der Waals surface area (Å²) in [6, 6.07) is 25.8. The van der Waals surface area contributed by atoms with E-state index in [4.69, 9.17) is 9.15 Å². The van der Waals surface area contributed by atoms with Crippen LogP contribution in [0.3, 0.4) is 0 Å². The third-order valence-electron chi connectivity index (χ3n) is 8.79. The largest absolute Gasteiger partial charge is 0.489 e. The number of hydrogen-bond donors (Lipinski definition) is 0. The van der Waals surface area contributed by atoms with Crippen LogP contribution in [0.25, 0.3) is 38.5 Å². The predicted octanol–water partition coefficient (Wildman–Crippen LogP) is 9.21. The van der Waals surface area contributed by atoms with Gasteiger partial charge in [0.2, 0.25) is 0 Å². The van der Waals surface area contributed by atoms with Gasteiger partial charge < -0.3 is 13.7 Å². The number of hydrogen-bond acceptors (Lipinski definition) is 2. The monoisotopic (exact) mass is 509 g/mol. The molecule has 3 aliphatic rings. The van der Waals surface area contributed by atoms with E-state index < -0.39 is 0 Å². The van der Waals surface area contributed by atoms with E-state index in [1.807, 2.05) is 18.4 Å². The molecule has 5 aromatic rings. The first kappa shape index (κ1) is 22.7. The average molecular weight is 510 g/mol. The van der Waals surface area contributed by atoms with Gasteiger partial charge in [0.15, 0.2) is 0 Å². The molecule has 3 nitrogen and oxygen atoms in total. The van der Waals surface area contributed by atoms with Crippen molar-refractivity contribution in [3.63, 3.8) is 0 Å². The molecule has 3 unspecified atom stereocenters. The molecule has 0 N–H and O–H groups in total. The zero-order valence-electron chi connectivity index (χ0n) is 21.9. The second-order valence-corrected chi connectivity index (χ2v) is 11.0. The Balaban J connectivity index is 1.07. The lowest BCUT2D eigenvalue weighted by Crippen LogP contribution is -2.18. The summed E-state index contributed by atoms with van der Waals surface area (Å²) in [5, 5.41) is 3.84. The highest BCUT2D eigenvalue weighted by atomic mass is 16.5. The van der Waals surface area contributed by atoms with Crippen LogP contribution in [0, 0.1) is 11.8 Å². The SMILES string of the molecule is C1=CC2OC3=C(CCCC3/C=C/CCc3coc4ccccc34)C2C=C1n1c2ccccc2c2ccccc21. The van der Waals surface area contributed by atoms with Gasteiger partial charge in [-0.2, -0.15) is 0 Å². The molecule has 3 heteroatoms. The van der Waals surface area contributed by atoms with E-state index in [2.05, 4.69) is 95.6 Å². The van der Waals surface area contributed by atoms with Crippen LogP contribution in [-0.2, 0) is 11.2 Å². The molecule has 8 rings (SSSR count). The van der Waals surface area contributed by atoms with Crippen LogP contribution in [-0.4, -0.2) is 10.7 Å². The molecule has 0 saturated carbocycles.